The van der Waals surface area contributed by atoms with E-state index in [9.17, 15) is 30.7 Å². The third-order valence-electron chi connectivity index (χ3n) is 4.85. The van der Waals surface area contributed by atoms with E-state index in [0.29, 0.717) is 5.65 Å². The Balaban J connectivity index is 0.000000263. The molecule has 5 rings (SSSR count). The average molecular weight is 569 g/mol. The van der Waals surface area contributed by atoms with Crippen molar-refractivity contribution >= 4 is 28.5 Å². The van der Waals surface area contributed by atoms with Crippen LogP contribution in [-0.4, -0.2) is 59.1 Å². The van der Waals surface area contributed by atoms with Gasteiger partial charge in [-0.15, -0.1) is 10.2 Å². The maximum atomic E-state index is 13.0. The minimum Gasteiger partial charge on any atom is -0.475 e. The summed E-state index contributed by atoms with van der Waals surface area (Å²) in [5, 5.41) is 24.0. The molecule has 0 bridgehead atoms. The number of carboxylic acids is 2. The number of alkyl halides is 6. The van der Waals surface area contributed by atoms with Gasteiger partial charge in [0.1, 0.15) is 0 Å². The van der Waals surface area contributed by atoms with E-state index in [2.05, 4.69) is 20.2 Å². The lowest BCUT2D eigenvalue weighted by molar-refractivity contribution is -0.193. The Hall–Kier alpha value is -5.15. The molecule has 4 aromatic heterocycles. The summed E-state index contributed by atoms with van der Waals surface area (Å²) in [4.78, 5) is 25.9. The summed E-state index contributed by atoms with van der Waals surface area (Å²) in [5.41, 5.74) is 4.33. The number of hydrogen-bond acceptors (Lipinski definition) is 6. The lowest BCUT2D eigenvalue weighted by Crippen LogP contribution is -2.21. The number of benzene rings is 1. The minimum absolute atomic E-state index is 0.496. The number of aromatic nitrogens is 5. The molecule has 0 aliphatic carbocycles. The van der Waals surface area contributed by atoms with Gasteiger partial charge in [-0.3, -0.25) is 9.38 Å². The first-order chi connectivity index (χ1) is 18.7. The van der Waals surface area contributed by atoms with Crippen molar-refractivity contribution < 1.29 is 50.5 Å². The number of nitrogens with zero attached hydrogens (tertiary/aromatic N) is 5. The van der Waals surface area contributed by atoms with E-state index < -0.39 is 30.2 Å². The van der Waals surface area contributed by atoms with Crippen molar-refractivity contribution in [1.82, 2.24) is 24.6 Å². The Morgan fingerprint density at radius 2 is 1.40 bits per heavy atom. The van der Waals surface area contributed by atoms with E-state index in [1.807, 2.05) is 53.1 Å². The molecule has 4 heterocycles. The zero-order valence-electron chi connectivity index (χ0n) is 19.5. The molecular weight excluding hydrogens is 555 g/mol. The van der Waals surface area contributed by atoms with Crippen molar-refractivity contribution in [1.29, 1.82) is 0 Å². The van der Waals surface area contributed by atoms with Crippen LogP contribution in [0.2, 0.25) is 0 Å². The molecule has 2 N–H and O–H groups in total. The van der Waals surface area contributed by atoms with Crippen molar-refractivity contribution in [3.05, 3.63) is 79.1 Å². The molecular formula is C24H14F7N5O4. The quantitative estimate of drug-likeness (QED) is 0.213. The van der Waals surface area contributed by atoms with Crippen LogP contribution in [0, 0.1) is 5.95 Å². The van der Waals surface area contributed by atoms with Gasteiger partial charge in [0.15, 0.2) is 11.5 Å². The summed E-state index contributed by atoms with van der Waals surface area (Å²) < 4.78 is 78.4. The summed E-state index contributed by atoms with van der Waals surface area (Å²) in [7, 11) is 0. The van der Waals surface area contributed by atoms with E-state index in [0.717, 1.165) is 33.4 Å². The Morgan fingerprint density at radius 1 is 0.775 bits per heavy atom. The molecule has 0 fully saturated rings. The normalized spacial score (nSPS) is 11.3. The fourth-order valence-corrected chi connectivity index (χ4v) is 3.09. The van der Waals surface area contributed by atoms with Gasteiger partial charge in [-0.1, -0.05) is 18.2 Å². The lowest BCUT2D eigenvalue weighted by atomic mass is 10.1. The van der Waals surface area contributed by atoms with Crippen molar-refractivity contribution in [2.75, 3.05) is 0 Å². The second kappa shape index (κ2) is 11.7. The molecule has 0 radical (unpaired) electrons. The zero-order valence-corrected chi connectivity index (χ0v) is 19.5. The van der Waals surface area contributed by atoms with Crippen LogP contribution in [0.25, 0.3) is 39.1 Å². The molecule has 0 amide bonds. The van der Waals surface area contributed by atoms with E-state index >= 15 is 0 Å². The molecule has 40 heavy (non-hydrogen) atoms. The summed E-state index contributed by atoms with van der Waals surface area (Å²) in [6.45, 7) is 0. The van der Waals surface area contributed by atoms with Gasteiger partial charge in [0.2, 0.25) is 5.95 Å². The minimum atomic E-state index is -5.08. The molecule has 0 unspecified atom stereocenters. The highest BCUT2D eigenvalue weighted by molar-refractivity contribution is 5.92. The maximum Gasteiger partial charge on any atom is 0.490 e. The molecule has 16 heteroatoms. The number of carbonyl (C=O) groups is 2. The van der Waals surface area contributed by atoms with Crippen LogP contribution in [0.1, 0.15) is 0 Å². The van der Waals surface area contributed by atoms with Gasteiger partial charge < -0.3 is 10.2 Å². The Kier molecular flexibility index (Phi) is 8.61. The van der Waals surface area contributed by atoms with Crippen LogP contribution < -0.4 is 0 Å². The SMILES string of the molecule is Fc1ccc(-c2ccn3c(-c4ccnc5ccccc45)nnc3c2)cn1.O=C(O)C(F)(F)F.O=C(O)C(F)(F)F. The maximum absolute atomic E-state index is 13.0. The van der Waals surface area contributed by atoms with Gasteiger partial charge in [0, 0.05) is 35.1 Å². The number of carboxylic acid groups (broad SMARTS) is 2. The standard InChI is InChI=1S/C20H12FN5.2C2HF3O2/c21-18-6-5-14(12-23-18)13-8-10-26-19(11-13)24-25-20(26)16-7-9-22-17-4-2-1-3-15(16)17;2*3-2(4,5)1(6)7/h1-12H;2*(H,6,7). The number of halogens is 7. The molecule has 208 valence electrons. The Labute approximate surface area is 218 Å². The van der Waals surface area contributed by atoms with E-state index in [-0.39, 0.29) is 0 Å². The van der Waals surface area contributed by atoms with Gasteiger partial charge in [-0.2, -0.15) is 30.7 Å². The first-order valence-corrected chi connectivity index (χ1v) is 10.6. The summed E-state index contributed by atoms with van der Waals surface area (Å²) in [6.07, 6.45) is -4.97. The van der Waals surface area contributed by atoms with Crippen LogP contribution >= 0.6 is 0 Å². The topological polar surface area (TPSA) is 131 Å². The molecule has 0 aliphatic rings. The lowest BCUT2D eigenvalue weighted by Gasteiger charge is -2.06. The summed E-state index contributed by atoms with van der Waals surface area (Å²) in [5.74, 6) is -5.26. The summed E-state index contributed by atoms with van der Waals surface area (Å²) in [6, 6.07) is 16.8. The monoisotopic (exact) mass is 569 g/mol. The van der Waals surface area contributed by atoms with Crippen molar-refractivity contribution in [2.24, 2.45) is 0 Å². The van der Waals surface area contributed by atoms with E-state index in [1.54, 1.807) is 12.3 Å². The van der Waals surface area contributed by atoms with Gasteiger partial charge in [-0.25, -0.2) is 14.6 Å². The molecule has 1 aromatic carbocycles. The van der Waals surface area contributed by atoms with Crippen LogP contribution in [0.5, 0.6) is 0 Å². The second-order valence-corrected chi connectivity index (χ2v) is 7.52. The predicted octanol–water partition coefficient (Wildman–Crippen LogP) is 5.41. The van der Waals surface area contributed by atoms with Gasteiger partial charge >= 0.3 is 24.3 Å². The van der Waals surface area contributed by atoms with Crippen LogP contribution in [0.3, 0.4) is 0 Å². The number of pyridine rings is 3. The smallest absolute Gasteiger partial charge is 0.475 e. The number of fused-ring (bicyclic) bond motifs is 2. The van der Waals surface area contributed by atoms with Crippen LogP contribution in [-0.2, 0) is 9.59 Å². The second-order valence-electron chi connectivity index (χ2n) is 7.52. The molecule has 9 nitrogen and oxygen atoms in total. The average Bonchev–Trinajstić information content (AvgIpc) is 3.31. The Morgan fingerprint density at radius 3 is 1.98 bits per heavy atom. The van der Waals surface area contributed by atoms with Crippen LogP contribution in [0.4, 0.5) is 30.7 Å². The third kappa shape index (κ3) is 7.24. The highest BCUT2D eigenvalue weighted by atomic mass is 19.4. The number of rotatable bonds is 2. The van der Waals surface area contributed by atoms with Gasteiger partial charge in [-0.05, 0) is 42.0 Å². The highest BCUT2D eigenvalue weighted by Gasteiger charge is 2.38. The van der Waals surface area contributed by atoms with E-state index in [1.165, 1.54) is 12.3 Å². The van der Waals surface area contributed by atoms with E-state index in [4.69, 9.17) is 19.8 Å². The highest BCUT2D eigenvalue weighted by Crippen LogP contribution is 2.28. The number of aliphatic carboxylic acids is 2. The predicted molar refractivity (Wildman–Crippen MR) is 124 cm³/mol. The first-order valence-electron chi connectivity index (χ1n) is 10.6. The van der Waals surface area contributed by atoms with Crippen molar-refractivity contribution in [2.45, 2.75) is 12.4 Å². The van der Waals surface area contributed by atoms with Crippen molar-refractivity contribution in [3.63, 3.8) is 0 Å². The number of para-hydroxylation sites is 1. The molecule has 0 spiro atoms. The summed E-state index contributed by atoms with van der Waals surface area (Å²) >= 11 is 0. The molecule has 0 saturated heterocycles. The van der Waals surface area contributed by atoms with Crippen molar-refractivity contribution in [3.8, 4) is 22.5 Å². The zero-order chi connectivity index (χ0) is 29.7. The van der Waals surface area contributed by atoms with Gasteiger partial charge in [0.25, 0.3) is 0 Å². The molecule has 0 saturated carbocycles. The largest absolute Gasteiger partial charge is 0.490 e. The third-order valence-corrected chi connectivity index (χ3v) is 4.85. The molecule has 0 aliphatic heterocycles. The molecule has 5 aromatic rings. The Bertz CT molecular complexity index is 1620. The molecule has 0 atom stereocenters. The van der Waals surface area contributed by atoms with Crippen LogP contribution in [0.15, 0.2) is 73.2 Å². The first kappa shape index (κ1) is 29.4. The fraction of sp³-hybridized carbons (Fsp3) is 0.0833. The number of hydrogen-bond donors (Lipinski definition) is 2. The fourth-order valence-electron chi connectivity index (χ4n) is 3.09. The van der Waals surface area contributed by atoms with Gasteiger partial charge in [0.05, 0.1) is 5.52 Å².